The van der Waals surface area contributed by atoms with E-state index in [1.54, 1.807) is 18.2 Å². The summed E-state index contributed by atoms with van der Waals surface area (Å²) >= 11 is 0. The zero-order chi connectivity index (χ0) is 15.0. The molecular weight excluding hydrogens is 270 g/mol. The van der Waals surface area contributed by atoms with Crippen LogP contribution in [0.25, 0.3) is 11.1 Å². The molecule has 112 valence electrons. The lowest BCUT2D eigenvalue weighted by Gasteiger charge is -2.39. The number of oxazole rings is 1. The van der Waals surface area contributed by atoms with E-state index >= 15 is 0 Å². The summed E-state index contributed by atoms with van der Waals surface area (Å²) in [5.74, 6) is -0.610. The van der Waals surface area contributed by atoms with Crippen LogP contribution in [0.4, 0.5) is 0 Å². The highest BCUT2D eigenvalue weighted by molar-refractivity contribution is 6.04. The number of hydrogen-bond acceptors (Lipinski definition) is 4. The molecule has 1 aliphatic rings. The summed E-state index contributed by atoms with van der Waals surface area (Å²) in [5.41, 5.74) is 1.35. The Balaban J connectivity index is 1.92. The second kappa shape index (κ2) is 5.37. The van der Waals surface area contributed by atoms with E-state index in [9.17, 15) is 9.59 Å². The van der Waals surface area contributed by atoms with Gasteiger partial charge in [-0.05, 0) is 25.6 Å². The highest BCUT2D eigenvalue weighted by Crippen LogP contribution is 2.20. The van der Waals surface area contributed by atoms with Crippen LogP contribution in [0.1, 0.15) is 24.2 Å². The van der Waals surface area contributed by atoms with E-state index in [1.807, 2.05) is 11.8 Å². The summed E-state index contributed by atoms with van der Waals surface area (Å²) < 4.78 is 5.12. The summed E-state index contributed by atoms with van der Waals surface area (Å²) in [6.07, 6.45) is 0. The molecule has 1 amide bonds. The molecule has 1 aromatic heterocycles. The number of carbonyl (C=O) groups excluding carboxylic acids is 1. The number of rotatable bonds is 2. The van der Waals surface area contributed by atoms with Gasteiger partial charge in [0.2, 0.25) is 0 Å². The minimum atomic E-state index is -0.533. The second-order valence-corrected chi connectivity index (χ2v) is 5.44. The molecule has 1 N–H and O–H groups in total. The average Bonchev–Trinajstić information content (AvgIpc) is 2.86. The van der Waals surface area contributed by atoms with Gasteiger partial charge in [-0.15, -0.1) is 0 Å². The lowest BCUT2D eigenvalue weighted by atomic mass is 10.1. The van der Waals surface area contributed by atoms with Crippen LogP contribution in [0.3, 0.4) is 0 Å². The van der Waals surface area contributed by atoms with E-state index in [2.05, 4.69) is 16.8 Å². The van der Waals surface area contributed by atoms with Gasteiger partial charge >= 0.3 is 5.76 Å². The second-order valence-electron chi connectivity index (χ2n) is 5.44. The first-order valence-corrected chi connectivity index (χ1v) is 7.25. The molecule has 1 saturated heterocycles. The average molecular weight is 289 g/mol. The van der Waals surface area contributed by atoms with E-state index in [0.717, 1.165) is 19.6 Å². The minimum absolute atomic E-state index is 0.0772. The van der Waals surface area contributed by atoms with Crippen LogP contribution in [0.2, 0.25) is 0 Å². The highest BCUT2D eigenvalue weighted by atomic mass is 16.4. The van der Waals surface area contributed by atoms with Crippen molar-refractivity contribution in [3.8, 4) is 0 Å². The largest absolute Gasteiger partial charge is 0.417 e. The molecule has 1 atom stereocenters. The van der Waals surface area contributed by atoms with E-state index in [4.69, 9.17) is 4.42 Å². The normalized spacial score (nSPS) is 20.1. The van der Waals surface area contributed by atoms with E-state index in [-0.39, 0.29) is 11.9 Å². The van der Waals surface area contributed by atoms with Gasteiger partial charge in [-0.25, -0.2) is 4.79 Å². The van der Waals surface area contributed by atoms with Crippen molar-refractivity contribution in [2.45, 2.75) is 19.9 Å². The Bertz CT molecular complexity index is 718. The number of benzene rings is 1. The van der Waals surface area contributed by atoms with Crippen molar-refractivity contribution in [3.63, 3.8) is 0 Å². The predicted molar refractivity (Wildman–Crippen MR) is 79.4 cm³/mol. The Morgan fingerprint density at radius 1 is 1.43 bits per heavy atom. The number of para-hydroxylation sites is 1. The van der Waals surface area contributed by atoms with Crippen LogP contribution in [0.15, 0.2) is 27.4 Å². The molecule has 0 radical (unpaired) electrons. The Labute approximate surface area is 122 Å². The van der Waals surface area contributed by atoms with Gasteiger partial charge in [-0.3, -0.25) is 14.7 Å². The van der Waals surface area contributed by atoms with Gasteiger partial charge in [0.15, 0.2) is 5.58 Å². The molecule has 21 heavy (non-hydrogen) atoms. The van der Waals surface area contributed by atoms with Crippen molar-refractivity contribution in [2.75, 3.05) is 26.2 Å². The fraction of sp³-hybridized carbons (Fsp3) is 0.467. The summed E-state index contributed by atoms with van der Waals surface area (Å²) in [5, 5.41) is 0. The van der Waals surface area contributed by atoms with E-state index < -0.39 is 5.76 Å². The molecule has 0 bridgehead atoms. The van der Waals surface area contributed by atoms with Crippen molar-refractivity contribution in [1.82, 2.24) is 14.8 Å². The van der Waals surface area contributed by atoms with Crippen LogP contribution in [0.5, 0.6) is 0 Å². The van der Waals surface area contributed by atoms with Gasteiger partial charge in [0.1, 0.15) is 0 Å². The number of likely N-dealkylation sites (N-methyl/N-ethyl adjacent to an activating group) is 1. The van der Waals surface area contributed by atoms with Gasteiger partial charge in [0, 0.05) is 25.7 Å². The maximum atomic E-state index is 12.8. The number of nitrogens with one attached hydrogen (secondary N) is 1. The highest BCUT2D eigenvalue weighted by Gasteiger charge is 2.29. The summed E-state index contributed by atoms with van der Waals surface area (Å²) in [7, 11) is 0. The summed E-state index contributed by atoms with van der Waals surface area (Å²) in [6.45, 7) is 7.61. The summed E-state index contributed by atoms with van der Waals surface area (Å²) in [4.78, 5) is 30.9. The lowest BCUT2D eigenvalue weighted by molar-refractivity contribution is 0.0500. The quantitative estimate of drug-likeness (QED) is 0.904. The molecule has 1 aromatic carbocycles. The third kappa shape index (κ3) is 2.47. The Hall–Kier alpha value is -2.08. The molecule has 2 aromatic rings. The van der Waals surface area contributed by atoms with Crippen molar-refractivity contribution in [3.05, 3.63) is 34.3 Å². The Morgan fingerprint density at radius 3 is 2.95 bits per heavy atom. The molecule has 0 spiro atoms. The number of aromatic amines is 1. The van der Waals surface area contributed by atoms with Crippen molar-refractivity contribution in [1.29, 1.82) is 0 Å². The van der Waals surface area contributed by atoms with Gasteiger partial charge in [0.25, 0.3) is 5.91 Å². The maximum Gasteiger partial charge on any atom is 0.417 e. The van der Waals surface area contributed by atoms with Crippen LogP contribution in [0, 0.1) is 0 Å². The molecule has 6 heteroatoms. The Morgan fingerprint density at radius 2 is 2.24 bits per heavy atom. The van der Waals surface area contributed by atoms with Crippen LogP contribution >= 0.6 is 0 Å². The first-order valence-electron chi connectivity index (χ1n) is 7.25. The molecular formula is C15H19N3O3. The van der Waals surface area contributed by atoms with Gasteiger partial charge in [-0.2, -0.15) is 0 Å². The zero-order valence-corrected chi connectivity index (χ0v) is 12.3. The molecule has 0 saturated carbocycles. The van der Waals surface area contributed by atoms with Gasteiger partial charge < -0.3 is 9.32 Å². The molecule has 1 aliphatic heterocycles. The predicted octanol–water partition coefficient (Wildman–Crippen LogP) is 1.29. The third-order valence-electron chi connectivity index (χ3n) is 4.10. The van der Waals surface area contributed by atoms with Crippen LogP contribution in [-0.2, 0) is 0 Å². The first-order chi connectivity index (χ1) is 10.1. The molecule has 3 rings (SSSR count). The van der Waals surface area contributed by atoms with Crippen LogP contribution < -0.4 is 5.76 Å². The van der Waals surface area contributed by atoms with Gasteiger partial charge in [-0.1, -0.05) is 13.0 Å². The fourth-order valence-electron chi connectivity index (χ4n) is 2.92. The minimum Gasteiger partial charge on any atom is -0.407 e. The van der Waals surface area contributed by atoms with Crippen molar-refractivity contribution < 1.29 is 9.21 Å². The van der Waals surface area contributed by atoms with Crippen molar-refractivity contribution >= 4 is 17.0 Å². The number of amides is 1. The third-order valence-corrected chi connectivity index (χ3v) is 4.10. The molecule has 0 unspecified atom stereocenters. The zero-order valence-electron chi connectivity index (χ0n) is 12.3. The van der Waals surface area contributed by atoms with Gasteiger partial charge in [0.05, 0.1) is 11.1 Å². The monoisotopic (exact) mass is 289 g/mol. The van der Waals surface area contributed by atoms with E-state index in [1.165, 1.54) is 0 Å². The number of carbonyl (C=O) groups is 1. The summed E-state index contributed by atoms with van der Waals surface area (Å²) in [6, 6.07) is 5.34. The number of fused-ring (bicyclic) bond motifs is 1. The molecule has 0 aliphatic carbocycles. The maximum absolute atomic E-state index is 12.8. The first kappa shape index (κ1) is 13.9. The van der Waals surface area contributed by atoms with E-state index in [0.29, 0.717) is 23.2 Å². The number of H-pyrrole nitrogens is 1. The number of aromatic nitrogens is 1. The molecule has 6 nitrogen and oxygen atoms in total. The molecule has 2 heterocycles. The fourth-order valence-corrected chi connectivity index (χ4v) is 2.92. The smallest absolute Gasteiger partial charge is 0.407 e. The SMILES string of the molecule is CCN1CCN(C(=O)c2cccc3[nH]c(=O)oc23)[C@@H](C)C1. The van der Waals surface area contributed by atoms with Crippen molar-refractivity contribution in [2.24, 2.45) is 0 Å². The topological polar surface area (TPSA) is 69.6 Å². The Kier molecular flexibility index (Phi) is 3.55. The lowest BCUT2D eigenvalue weighted by Crippen LogP contribution is -2.53. The number of hydrogen-bond donors (Lipinski definition) is 1. The van der Waals surface area contributed by atoms with Crippen LogP contribution in [-0.4, -0.2) is 52.9 Å². The standard InChI is InChI=1S/C15H19N3O3/c1-3-17-7-8-18(10(2)9-17)14(19)11-5-4-6-12-13(11)21-15(20)16-12/h4-6,10H,3,7-9H2,1-2H3,(H,16,20)/t10-/m0/s1. The number of piperazine rings is 1. The number of nitrogens with zero attached hydrogens (tertiary/aromatic N) is 2. The molecule has 1 fully saturated rings.